The first-order chi connectivity index (χ1) is 6.74. The van der Waals surface area contributed by atoms with Crippen molar-refractivity contribution in [3.63, 3.8) is 0 Å². The molecule has 14 heavy (non-hydrogen) atoms. The number of piperidine rings is 1. The van der Waals surface area contributed by atoms with Crippen molar-refractivity contribution in [1.82, 2.24) is 10.6 Å². The summed E-state index contributed by atoms with van der Waals surface area (Å²) in [6, 6.07) is 0. The van der Waals surface area contributed by atoms with E-state index >= 15 is 0 Å². The van der Waals surface area contributed by atoms with Crippen molar-refractivity contribution in [2.45, 2.75) is 18.9 Å². The van der Waals surface area contributed by atoms with Crippen LogP contribution >= 0.6 is 0 Å². The van der Waals surface area contributed by atoms with Gasteiger partial charge >= 0.3 is 0 Å². The maximum absolute atomic E-state index is 11.3. The lowest BCUT2D eigenvalue weighted by molar-refractivity contribution is -0.123. The molecular formula is C9H18N2O3. The Balaban J connectivity index is 2.23. The second kappa shape index (κ2) is 5.95. The summed E-state index contributed by atoms with van der Waals surface area (Å²) in [5.74, 6) is -0.103. The van der Waals surface area contributed by atoms with E-state index in [4.69, 9.17) is 5.11 Å². The Morgan fingerprint density at radius 1 is 1.57 bits per heavy atom. The van der Waals surface area contributed by atoms with Crippen LogP contribution in [-0.2, 0) is 4.79 Å². The van der Waals surface area contributed by atoms with E-state index in [0.717, 1.165) is 6.54 Å². The Hall–Kier alpha value is -0.650. The zero-order valence-corrected chi connectivity index (χ0v) is 8.20. The quantitative estimate of drug-likeness (QED) is 0.445. The summed E-state index contributed by atoms with van der Waals surface area (Å²) >= 11 is 0. The maximum Gasteiger partial charge on any atom is 0.220 e. The van der Waals surface area contributed by atoms with E-state index in [9.17, 15) is 9.90 Å². The average Bonchev–Trinajstić information content (AvgIpc) is 2.18. The molecule has 1 saturated heterocycles. The molecular weight excluding hydrogens is 184 g/mol. The predicted molar refractivity (Wildman–Crippen MR) is 51.7 cm³/mol. The van der Waals surface area contributed by atoms with Crippen LogP contribution in [0.1, 0.15) is 12.8 Å². The molecule has 0 aromatic heterocycles. The Labute approximate surface area is 83.5 Å². The first kappa shape index (κ1) is 11.4. The Morgan fingerprint density at radius 2 is 2.36 bits per heavy atom. The van der Waals surface area contributed by atoms with Crippen molar-refractivity contribution in [1.29, 1.82) is 0 Å². The summed E-state index contributed by atoms with van der Waals surface area (Å²) in [4.78, 5) is 11.3. The Bertz CT molecular complexity index is 187. The molecule has 82 valence electrons. The second-order valence-corrected chi connectivity index (χ2v) is 3.60. The summed E-state index contributed by atoms with van der Waals surface area (Å²) in [7, 11) is 0. The summed E-state index contributed by atoms with van der Waals surface area (Å²) in [5, 5.41) is 23.8. The zero-order chi connectivity index (χ0) is 10.4. The van der Waals surface area contributed by atoms with Gasteiger partial charge in [-0.05, 0) is 13.0 Å². The van der Waals surface area contributed by atoms with Crippen LogP contribution in [0.4, 0.5) is 0 Å². The van der Waals surface area contributed by atoms with E-state index in [1.165, 1.54) is 0 Å². The van der Waals surface area contributed by atoms with Gasteiger partial charge in [0.05, 0.1) is 12.7 Å². The lowest BCUT2D eigenvalue weighted by Crippen LogP contribution is -2.42. The lowest BCUT2D eigenvalue weighted by Gasteiger charge is -2.27. The van der Waals surface area contributed by atoms with Gasteiger partial charge in [-0.15, -0.1) is 0 Å². The van der Waals surface area contributed by atoms with E-state index in [2.05, 4.69) is 10.6 Å². The van der Waals surface area contributed by atoms with Gasteiger partial charge in [0.25, 0.3) is 0 Å². The molecule has 0 aromatic carbocycles. The number of aliphatic hydroxyl groups excluding tert-OH is 2. The monoisotopic (exact) mass is 202 g/mol. The van der Waals surface area contributed by atoms with E-state index in [1.54, 1.807) is 0 Å². The smallest absolute Gasteiger partial charge is 0.220 e. The van der Waals surface area contributed by atoms with Crippen LogP contribution in [0, 0.1) is 5.92 Å². The van der Waals surface area contributed by atoms with Gasteiger partial charge in [0.15, 0.2) is 0 Å². The minimum Gasteiger partial charge on any atom is -0.395 e. The molecule has 1 rings (SSSR count). The van der Waals surface area contributed by atoms with Crippen molar-refractivity contribution >= 4 is 5.91 Å². The van der Waals surface area contributed by atoms with E-state index < -0.39 is 0 Å². The number of nitrogens with one attached hydrogen (secondary N) is 2. The molecule has 5 nitrogen and oxygen atoms in total. The van der Waals surface area contributed by atoms with Crippen molar-refractivity contribution in [2.75, 3.05) is 26.2 Å². The van der Waals surface area contributed by atoms with Gasteiger partial charge < -0.3 is 20.8 Å². The van der Waals surface area contributed by atoms with Crippen LogP contribution in [0.25, 0.3) is 0 Å². The first-order valence-corrected chi connectivity index (χ1v) is 5.00. The molecule has 1 aliphatic heterocycles. The molecule has 1 amide bonds. The topological polar surface area (TPSA) is 81.6 Å². The first-order valence-electron chi connectivity index (χ1n) is 5.00. The molecule has 0 bridgehead atoms. The Kier molecular flexibility index (Phi) is 4.86. The van der Waals surface area contributed by atoms with Gasteiger partial charge in [0, 0.05) is 25.4 Å². The Morgan fingerprint density at radius 3 is 3.00 bits per heavy atom. The van der Waals surface area contributed by atoms with Gasteiger partial charge in [0.2, 0.25) is 5.91 Å². The highest BCUT2D eigenvalue weighted by molar-refractivity contribution is 5.76. The maximum atomic E-state index is 11.3. The largest absolute Gasteiger partial charge is 0.395 e. The molecule has 0 saturated carbocycles. The number of aliphatic hydroxyl groups is 2. The number of amides is 1. The lowest BCUT2D eigenvalue weighted by atomic mass is 9.93. The predicted octanol–water partition coefficient (Wildman–Crippen LogP) is -1.54. The molecule has 0 aromatic rings. The summed E-state index contributed by atoms with van der Waals surface area (Å²) < 4.78 is 0. The van der Waals surface area contributed by atoms with E-state index in [1.807, 2.05) is 0 Å². The summed E-state index contributed by atoms with van der Waals surface area (Å²) in [6.45, 7) is 1.75. The van der Waals surface area contributed by atoms with Gasteiger partial charge in [-0.2, -0.15) is 0 Å². The molecule has 2 atom stereocenters. The molecule has 1 aliphatic rings. The molecule has 5 heteroatoms. The minimum absolute atomic E-state index is 0.00226. The molecule has 1 fully saturated rings. The fourth-order valence-electron chi connectivity index (χ4n) is 1.62. The number of hydrogen-bond donors (Lipinski definition) is 4. The van der Waals surface area contributed by atoms with Crippen LogP contribution in [0.5, 0.6) is 0 Å². The van der Waals surface area contributed by atoms with Crippen molar-refractivity contribution in [3.8, 4) is 0 Å². The van der Waals surface area contributed by atoms with Crippen molar-refractivity contribution in [3.05, 3.63) is 0 Å². The summed E-state index contributed by atoms with van der Waals surface area (Å²) in [5.41, 5.74) is 0. The van der Waals surface area contributed by atoms with Gasteiger partial charge in [-0.1, -0.05) is 0 Å². The van der Waals surface area contributed by atoms with Crippen LogP contribution in [0.3, 0.4) is 0 Å². The SMILES string of the molecule is O=C(CC1CNCCC1O)NCCO. The van der Waals surface area contributed by atoms with Gasteiger partial charge in [-0.25, -0.2) is 0 Å². The molecule has 0 aliphatic carbocycles. The molecule has 0 spiro atoms. The van der Waals surface area contributed by atoms with Crippen molar-refractivity contribution in [2.24, 2.45) is 5.92 Å². The van der Waals surface area contributed by atoms with E-state index in [0.29, 0.717) is 19.4 Å². The number of carbonyl (C=O) groups excluding carboxylic acids is 1. The molecule has 2 unspecified atom stereocenters. The standard InChI is InChI=1S/C9H18N2O3/c12-4-3-11-9(14)5-7-6-10-2-1-8(7)13/h7-8,10,12-13H,1-6H2,(H,11,14). The fourth-order valence-corrected chi connectivity index (χ4v) is 1.62. The number of hydrogen-bond acceptors (Lipinski definition) is 4. The van der Waals surface area contributed by atoms with Crippen LogP contribution < -0.4 is 10.6 Å². The van der Waals surface area contributed by atoms with Crippen LogP contribution in [-0.4, -0.2) is 48.5 Å². The van der Waals surface area contributed by atoms with Crippen molar-refractivity contribution < 1.29 is 15.0 Å². The number of carbonyl (C=O) groups is 1. The van der Waals surface area contributed by atoms with E-state index in [-0.39, 0.29) is 31.1 Å². The van der Waals surface area contributed by atoms with Gasteiger partial charge in [0.1, 0.15) is 0 Å². The zero-order valence-electron chi connectivity index (χ0n) is 8.20. The van der Waals surface area contributed by atoms with Crippen LogP contribution in [0.2, 0.25) is 0 Å². The summed E-state index contributed by atoms with van der Waals surface area (Å²) in [6.07, 6.45) is 0.655. The molecule has 1 heterocycles. The highest BCUT2D eigenvalue weighted by Gasteiger charge is 2.24. The highest BCUT2D eigenvalue weighted by atomic mass is 16.3. The third kappa shape index (κ3) is 3.61. The van der Waals surface area contributed by atoms with Gasteiger partial charge in [-0.3, -0.25) is 4.79 Å². The number of rotatable bonds is 4. The second-order valence-electron chi connectivity index (χ2n) is 3.60. The minimum atomic E-state index is -0.379. The van der Waals surface area contributed by atoms with Crippen LogP contribution in [0.15, 0.2) is 0 Å². The fraction of sp³-hybridized carbons (Fsp3) is 0.889. The molecule has 4 N–H and O–H groups in total. The third-order valence-corrected chi connectivity index (χ3v) is 2.45. The normalized spacial score (nSPS) is 27.3. The average molecular weight is 202 g/mol. The molecule has 0 radical (unpaired) electrons. The highest BCUT2D eigenvalue weighted by Crippen LogP contribution is 2.14. The third-order valence-electron chi connectivity index (χ3n) is 2.45.